The molecule has 0 aromatic heterocycles. The second-order valence-electron chi connectivity index (χ2n) is 7.58. The summed E-state index contributed by atoms with van der Waals surface area (Å²) in [5.41, 5.74) is 3.77. The van der Waals surface area contributed by atoms with Gasteiger partial charge in [0.2, 0.25) is 0 Å². The average Bonchev–Trinajstić information content (AvgIpc) is 3.31. The molecule has 2 aromatic rings. The molecule has 1 fully saturated rings. The quantitative estimate of drug-likeness (QED) is 0.294. The molecule has 0 saturated carbocycles. The van der Waals surface area contributed by atoms with Crippen LogP contribution in [0.4, 0.5) is 0 Å². The molecule has 5 rings (SSSR count). The van der Waals surface area contributed by atoms with Crippen LogP contribution in [-0.4, -0.2) is 40.0 Å². The standard InChI is InChI=1S/C24H19AsO5S2/c1-12-11-17-19(14-5-3-4-6-15(14)24(28)29)16-7-8-18(26)13(2)22(16)30-23(17)20(21(12)27)25-31-9-10-32-25/h3-8,11,27H,9-10H2,1-2H3,(H,28,29). The van der Waals surface area contributed by atoms with E-state index < -0.39 is 18.3 Å². The molecule has 5 nitrogen and oxygen atoms in total. The maximum atomic E-state index is 12.5. The van der Waals surface area contributed by atoms with Crippen LogP contribution in [0.3, 0.4) is 0 Å². The van der Waals surface area contributed by atoms with Gasteiger partial charge in [0.25, 0.3) is 0 Å². The summed E-state index contributed by atoms with van der Waals surface area (Å²) in [6.07, 6.45) is 0. The molecule has 2 N–H and O–H groups in total. The number of hydrogen-bond donors (Lipinski definition) is 2. The zero-order chi connectivity index (χ0) is 22.6. The summed E-state index contributed by atoms with van der Waals surface area (Å²) in [7, 11) is 3.78. The van der Waals surface area contributed by atoms with E-state index in [0.29, 0.717) is 28.0 Å². The van der Waals surface area contributed by atoms with E-state index in [-0.39, 0.29) is 16.7 Å². The number of aromatic hydroxyl groups is 1. The van der Waals surface area contributed by atoms with Crippen LogP contribution in [0.25, 0.3) is 33.4 Å². The minimum absolute atomic E-state index is 0.140. The third kappa shape index (κ3) is 3.34. The Morgan fingerprint density at radius 1 is 1.06 bits per heavy atom. The summed E-state index contributed by atoms with van der Waals surface area (Å²) in [5.74, 6) is 1.73. The number of carboxylic acid groups (broad SMARTS) is 1. The fourth-order valence-electron chi connectivity index (χ4n) is 4.06. The zero-order valence-corrected chi connectivity index (χ0v) is 20.8. The van der Waals surface area contributed by atoms with Crippen molar-refractivity contribution in [2.75, 3.05) is 11.5 Å². The Balaban J connectivity index is 2.02. The number of aromatic carboxylic acids is 1. The van der Waals surface area contributed by atoms with Crippen LogP contribution >= 0.6 is 20.0 Å². The Bertz CT molecular complexity index is 1420. The van der Waals surface area contributed by atoms with Gasteiger partial charge in [0.15, 0.2) is 0 Å². The van der Waals surface area contributed by atoms with Gasteiger partial charge in [0, 0.05) is 0 Å². The molecular formula is C24H19AsO5S2. The molecule has 0 bridgehead atoms. The van der Waals surface area contributed by atoms with Crippen molar-refractivity contribution in [2.45, 2.75) is 13.8 Å². The van der Waals surface area contributed by atoms with Crippen LogP contribution in [0, 0.1) is 13.8 Å². The van der Waals surface area contributed by atoms with Crippen molar-refractivity contribution in [2.24, 2.45) is 0 Å². The van der Waals surface area contributed by atoms with Crippen LogP contribution in [0.1, 0.15) is 21.5 Å². The SMILES string of the molecule is Cc1cc2c(-c3ccccc3C(=O)O)c3ccc(=O)c(C)c-3oc2c([As]2SCCS2)c1O. The van der Waals surface area contributed by atoms with Gasteiger partial charge in [-0.15, -0.1) is 0 Å². The topological polar surface area (TPSA) is 87.7 Å². The zero-order valence-electron chi connectivity index (χ0n) is 17.3. The molecule has 32 heavy (non-hydrogen) atoms. The molecule has 0 atom stereocenters. The molecule has 1 aliphatic carbocycles. The van der Waals surface area contributed by atoms with Crippen LogP contribution in [-0.2, 0) is 0 Å². The third-order valence-electron chi connectivity index (χ3n) is 5.63. The van der Waals surface area contributed by atoms with Crippen molar-refractivity contribution in [3.05, 3.63) is 69.4 Å². The second-order valence-corrected chi connectivity index (χ2v) is 19.2. The molecular weight excluding hydrogens is 507 g/mol. The summed E-state index contributed by atoms with van der Waals surface area (Å²) in [4.78, 5) is 24.5. The predicted molar refractivity (Wildman–Crippen MR) is 133 cm³/mol. The van der Waals surface area contributed by atoms with Gasteiger partial charge in [0.1, 0.15) is 0 Å². The number of carboxylic acids is 1. The first-order chi connectivity index (χ1) is 15.4. The van der Waals surface area contributed by atoms with Gasteiger partial charge in [-0.2, -0.15) is 0 Å². The molecule has 2 aliphatic heterocycles. The molecule has 0 radical (unpaired) electrons. The van der Waals surface area contributed by atoms with E-state index in [9.17, 15) is 19.8 Å². The van der Waals surface area contributed by atoms with Crippen LogP contribution in [0.15, 0.2) is 51.7 Å². The number of rotatable bonds is 3. The van der Waals surface area contributed by atoms with Crippen LogP contribution in [0.5, 0.6) is 5.75 Å². The van der Waals surface area contributed by atoms with Gasteiger partial charge in [-0.25, -0.2) is 0 Å². The molecule has 3 aliphatic rings. The Kier molecular flexibility index (Phi) is 5.52. The molecule has 1 saturated heterocycles. The first-order valence-electron chi connectivity index (χ1n) is 10.00. The van der Waals surface area contributed by atoms with Crippen molar-refractivity contribution in [1.29, 1.82) is 0 Å². The van der Waals surface area contributed by atoms with E-state index in [2.05, 4.69) is 0 Å². The predicted octanol–water partition coefficient (Wildman–Crippen LogP) is 4.76. The summed E-state index contributed by atoms with van der Waals surface area (Å²) < 4.78 is 7.24. The Morgan fingerprint density at radius 2 is 1.78 bits per heavy atom. The van der Waals surface area contributed by atoms with Crippen LogP contribution in [0.2, 0.25) is 0 Å². The van der Waals surface area contributed by atoms with E-state index in [1.54, 1.807) is 31.2 Å². The second kappa shape index (κ2) is 8.22. The van der Waals surface area contributed by atoms with E-state index in [4.69, 9.17) is 4.42 Å². The van der Waals surface area contributed by atoms with Crippen molar-refractivity contribution in [1.82, 2.24) is 0 Å². The van der Waals surface area contributed by atoms with E-state index in [0.717, 1.165) is 32.4 Å². The molecule has 2 heterocycles. The van der Waals surface area contributed by atoms with Crippen molar-refractivity contribution in [3.63, 3.8) is 0 Å². The minimum atomic E-state index is -1.70. The third-order valence-corrected chi connectivity index (χ3v) is 19.2. The van der Waals surface area contributed by atoms with Gasteiger partial charge in [-0.1, -0.05) is 0 Å². The van der Waals surface area contributed by atoms with Crippen LogP contribution < -0.4 is 9.78 Å². The van der Waals surface area contributed by atoms with E-state index >= 15 is 0 Å². The number of phenolic OH excluding ortho intramolecular Hbond substituents is 1. The molecule has 162 valence electrons. The number of carbonyl (C=O) groups is 1. The normalized spacial score (nSPS) is 14.4. The molecule has 8 heteroatoms. The van der Waals surface area contributed by atoms with Crippen molar-refractivity contribution >= 4 is 53.7 Å². The number of phenols is 1. The van der Waals surface area contributed by atoms with Gasteiger partial charge in [-0.05, 0) is 0 Å². The van der Waals surface area contributed by atoms with Crippen molar-refractivity contribution < 1.29 is 19.4 Å². The van der Waals surface area contributed by atoms with E-state index in [1.807, 2.05) is 39.1 Å². The van der Waals surface area contributed by atoms with Gasteiger partial charge >= 0.3 is 196 Å². The molecule has 2 aromatic carbocycles. The molecule has 0 unspecified atom stereocenters. The van der Waals surface area contributed by atoms with Gasteiger partial charge < -0.3 is 0 Å². The van der Waals surface area contributed by atoms with Gasteiger partial charge in [-0.3, -0.25) is 0 Å². The fraction of sp³-hybridized carbons (Fsp3) is 0.167. The number of aryl methyl sites for hydroxylation is 1. The summed E-state index contributed by atoms with van der Waals surface area (Å²) >= 11 is -1.70. The summed E-state index contributed by atoms with van der Waals surface area (Å²) in [6.45, 7) is 3.58. The number of benzene rings is 3. The molecule has 0 spiro atoms. The molecule has 0 amide bonds. The summed E-state index contributed by atoms with van der Waals surface area (Å²) in [6, 6.07) is 12.0. The maximum absolute atomic E-state index is 12.5. The Labute approximate surface area is 195 Å². The fourth-order valence-corrected chi connectivity index (χ4v) is 19.0. The first kappa shape index (κ1) is 21.5. The Hall–Kier alpha value is -2.34. The Morgan fingerprint density at radius 3 is 2.50 bits per heavy atom. The van der Waals surface area contributed by atoms with Crippen molar-refractivity contribution in [3.8, 4) is 28.2 Å². The number of hydrogen-bond acceptors (Lipinski definition) is 6. The monoisotopic (exact) mass is 526 g/mol. The van der Waals surface area contributed by atoms with E-state index in [1.165, 1.54) is 6.07 Å². The first-order valence-corrected chi connectivity index (χ1v) is 17.4. The summed E-state index contributed by atoms with van der Waals surface area (Å²) in [5, 5.41) is 21.7. The number of fused-ring (bicyclic) bond motifs is 2. The van der Waals surface area contributed by atoms with Gasteiger partial charge in [0.05, 0.1) is 0 Å². The average molecular weight is 526 g/mol.